The topological polar surface area (TPSA) is 102 Å². The molecule has 0 spiro atoms. The van der Waals surface area contributed by atoms with Crippen LogP contribution >= 0.6 is 0 Å². The van der Waals surface area contributed by atoms with Crippen LogP contribution in [0.1, 0.15) is 13.8 Å². The van der Waals surface area contributed by atoms with Crippen LogP contribution in [0.4, 0.5) is 4.39 Å². The molecule has 0 aromatic rings. The summed E-state index contributed by atoms with van der Waals surface area (Å²) in [7, 11) is 0. The fourth-order valence-electron chi connectivity index (χ4n) is 1.67. The highest BCUT2D eigenvalue weighted by Gasteiger charge is 2.49. The number of halogens is 1. The second kappa shape index (κ2) is 6.07. The van der Waals surface area contributed by atoms with Crippen LogP contribution in [0.25, 0.3) is 0 Å². The number of rotatable bonds is 3. The van der Waals surface area contributed by atoms with Crippen LogP contribution < -0.4 is 0 Å². The molecule has 104 valence electrons. The van der Waals surface area contributed by atoms with Gasteiger partial charge in [-0.25, -0.2) is 4.39 Å². The van der Waals surface area contributed by atoms with Gasteiger partial charge in [0, 0.05) is 13.8 Å². The lowest BCUT2D eigenvalue weighted by Gasteiger charge is -2.39. The molecular formula is C10H15FO7. The van der Waals surface area contributed by atoms with Crippen molar-refractivity contribution >= 4 is 11.9 Å². The summed E-state index contributed by atoms with van der Waals surface area (Å²) in [4.78, 5) is 21.7. The van der Waals surface area contributed by atoms with E-state index >= 15 is 0 Å². The molecule has 1 heterocycles. The standard InChI is InChI=1S/C10H15FO7/c1-4(13)16-8-7(11)6(3-12)18-10(15)9(8)17-5(2)14/h6-10,12,15H,3H2,1-2H3/t6-,7-,8+,9-,10?/m1/s1. The summed E-state index contributed by atoms with van der Waals surface area (Å²) < 4.78 is 28.0. The third-order valence-corrected chi connectivity index (χ3v) is 2.37. The third kappa shape index (κ3) is 3.37. The molecule has 8 heteroatoms. The highest BCUT2D eigenvalue weighted by Crippen LogP contribution is 2.27. The Kier molecular flexibility index (Phi) is 5.00. The average molecular weight is 266 g/mol. The van der Waals surface area contributed by atoms with Gasteiger partial charge >= 0.3 is 11.9 Å². The van der Waals surface area contributed by atoms with Crippen LogP contribution in [-0.4, -0.2) is 59.5 Å². The predicted octanol–water partition coefficient (Wildman–Crippen LogP) is -1.10. The van der Waals surface area contributed by atoms with Gasteiger partial charge < -0.3 is 24.4 Å². The summed E-state index contributed by atoms with van der Waals surface area (Å²) in [6, 6.07) is 0. The van der Waals surface area contributed by atoms with E-state index in [-0.39, 0.29) is 0 Å². The van der Waals surface area contributed by atoms with Crippen molar-refractivity contribution in [3.05, 3.63) is 0 Å². The number of hydrogen-bond donors (Lipinski definition) is 2. The lowest BCUT2D eigenvalue weighted by atomic mass is 10.00. The summed E-state index contributed by atoms with van der Waals surface area (Å²) in [5.74, 6) is -1.58. The van der Waals surface area contributed by atoms with Gasteiger partial charge in [-0.05, 0) is 0 Å². The Bertz CT molecular complexity index is 321. The summed E-state index contributed by atoms with van der Waals surface area (Å²) in [5.41, 5.74) is 0. The zero-order chi connectivity index (χ0) is 13.9. The van der Waals surface area contributed by atoms with Crippen molar-refractivity contribution in [3.8, 4) is 0 Å². The number of esters is 2. The largest absolute Gasteiger partial charge is 0.455 e. The van der Waals surface area contributed by atoms with Gasteiger partial charge in [0.25, 0.3) is 0 Å². The normalized spacial score (nSPS) is 35.9. The van der Waals surface area contributed by atoms with Gasteiger partial charge in [0.1, 0.15) is 6.10 Å². The fraction of sp³-hybridized carbons (Fsp3) is 0.800. The van der Waals surface area contributed by atoms with Crippen molar-refractivity contribution in [1.82, 2.24) is 0 Å². The molecular weight excluding hydrogens is 251 g/mol. The average Bonchev–Trinajstić information content (AvgIpc) is 2.27. The minimum atomic E-state index is -1.91. The van der Waals surface area contributed by atoms with Crippen molar-refractivity contribution in [3.63, 3.8) is 0 Å². The lowest BCUT2D eigenvalue weighted by molar-refractivity contribution is -0.282. The first kappa shape index (κ1) is 14.8. The Morgan fingerprint density at radius 1 is 1.22 bits per heavy atom. The first-order chi connectivity index (χ1) is 8.36. The number of hydrogen-bond acceptors (Lipinski definition) is 7. The molecule has 0 radical (unpaired) electrons. The minimum Gasteiger partial charge on any atom is -0.455 e. The summed E-state index contributed by atoms with van der Waals surface area (Å²) in [6.07, 6.45) is -7.93. The van der Waals surface area contributed by atoms with Gasteiger partial charge in [-0.1, -0.05) is 0 Å². The van der Waals surface area contributed by atoms with Crippen LogP contribution in [0.15, 0.2) is 0 Å². The van der Waals surface area contributed by atoms with Crippen molar-refractivity contribution in [2.24, 2.45) is 0 Å². The maximum Gasteiger partial charge on any atom is 0.303 e. The molecule has 1 unspecified atom stereocenters. The highest BCUT2D eigenvalue weighted by atomic mass is 19.1. The smallest absolute Gasteiger partial charge is 0.303 e. The van der Waals surface area contributed by atoms with Gasteiger partial charge in [-0.15, -0.1) is 0 Å². The molecule has 7 nitrogen and oxygen atoms in total. The first-order valence-electron chi connectivity index (χ1n) is 5.29. The molecule has 0 aromatic heterocycles. The maximum atomic E-state index is 13.9. The molecule has 18 heavy (non-hydrogen) atoms. The fourth-order valence-corrected chi connectivity index (χ4v) is 1.67. The highest BCUT2D eigenvalue weighted by molar-refractivity contribution is 5.67. The van der Waals surface area contributed by atoms with E-state index in [2.05, 4.69) is 9.47 Å². The molecule has 1 aliphatic rings. The number of carbonyl (C=O) groups excluding carboxylic acids is 2. The molecule has 0 bridgehead atoms. The lowest BCUT2D eigenvalue weighted by Crippen LogP contribution is -2.59. The summed E-state index contributed by atoms with van der Waals surface area (Å²) in [6.45, 7) is 1.40. The zero-order valence-electron chi connectivity index (χ0n) is 9.91. The van der Waals surface area contributed by atoms with Gasteiger partial charge in [0.2, 0.25) is 0 Å². The first-order valence-corrected chi connectivity index (χ1v) is 5.29. The third-order valence-electron chi connectivity index (χ3n) is 2.37. The van der Waals surface area contributed by atoms with Crippen LogP contribution in [0, 0.1) is 0 Å². The Morgan fingerprint density at radius 3 is 2.17 bits per heavy atom. The Labute approximate surface area is 102 Å². The quantitative estimate of drug-likeness (QED) is 0.625. The number of ether oxygens (including phenoxy) is 3. The second-order valence-corrected chi connectivity index (χ2v) is 3.84. The number of alkyl halides is 1. The molecule has 1 rings (SSSR count). The van der Waals surface area contributed by atoms with Gasteiger partial charge in [0.05, 0.1) is 6.61 Å². The Balaban J connectivity index is 2.89. The van der Waals surface area contributed by atoms with Crippen molar-refractivity contribution in [2.75, 3.05) is 6.61 Å². The second-order valence-electron chi connectivity index (χ2n) is 3.84. The molecule has 1 fully saturated rings. The molecule has 0 amide bonds. The zero-order valence-corrected chi connectivity index (χ0v) is 9.91. The Morgan fingerprint density at radius 2 is 1.72 bits per heavy atom. The predicted molar refractivity (Wildman–Crippen MR) is 54.0 cm³/mol. The van der Waals surface area contributed by atoms with Crippen LogP contribution in [0.2, 0.25) is 0 Å². The molecule has 2 N–H and O–H groups in total. The van der Waals surface area contributed by atoms with E-state index in [0.717, 1.165) is 13.8 Å². The van der Waals surface area contributed by atoms with E-state index in [1.54, 1.807) is 0 Å². The van der Waals surface area contributed by atoms with Crippen molar-refractivity contribution < 1.29 is 38.4 Å². The molecule has 1 aliphatic heterocycles. The monoisotopic (exact) mass is 266 g/mol. The molecule has 0 saturated carbocycles. The number of carbonyl (C=O) groups is 2. The van der Waals surface area contributed by atoms with Crippen molar-refractivity contribution in [2.45, 2.75) is 44.6 Å². The van der Waals surface area contributed by atoms with Gasteiger partial charge in [0.15, 0.2) is 24.7 Å². The minimum absolute atomic E-state index is 0.706. The van der Waals surface area contributed by atoms with E-state index < -0.39 is 49.3 Å². The number of aliphatic hydroxyl groups excluding tert-OH is 2. The summed E-state index contributed by atoms with van der Waals surface area (Å²) in [5, 5.41) is 18.4. The van der Waals surface area contributed by atoms with E-state index in [9.17, 15) is 19.1 Å². The maximum absolute atomic E-state index is 13.9. The van der Waals surface area contributed by atoms with Gasteiger partial charge in [-0.2, -0.15) is 0 Å². The van der Waals surface area contributed by atoms with Crippen LogP contribution in [-0.2, 0) is 23.8 Å². The van der Waals surface area contributed by atoms with E-state index in [1.807, 2.05) is 0 Å². The van der Waals surface area contributed by atoms with E-state index in [0.29, 0.717) is 0 Å². The number of aliphatic hydroxyl groups is 2. The summed E-state index contributed by atoms with van der Waals surface area (Å²) >= 11 is 0. The molecule has 5 atom stereocenters. The molecule has 0 aromatic carbocycles. The van der Waals surface area contributed by atoms with Gasteiger partial charge in [-0.3, -0.25) is 9.59 Å². The van der Waals surface area contributed by atoms with Crippen LogP contribution in [0.5, 0.6) is 0 Å². The SMILES string of the molecule is CC(=O)O[C@H]1[C@H](F)[C@@H](CO)OC(O)[C@@H]1OC(C)=O. The molecule has 1 saturated heterocycles. The van der Waals surface area contributed by atoms with Crippen LogP contribution in [0.3, 0.4) is 0 Å². The van der Waals surface area contributed by atoms with E-state index in [4.69, 9.17) is 9.84 Å². The Hall–Kier alpha value is -1.25. The van der Waals surface area contributed by atoms with E-state index in [1.165, 1.54) is 0 Å². The van der Waals surface area contributed by atoms with Crippen molar-refractivity contribution in [1.29, 1.82) is 0 Å². The molecule has 0 aliphatic carbocycles.